The summed E-state index contributed by atoms with van der Waals surface area (Å²) in [5, 5.41) is 12.6. The van der Waals surface area contributed by atoms with Gasteiger partial charge in [-0.05, 0) is 49.9 Å². The zero-order valence-electron chi connectivity index (χ0n) is 32.8. The average Bonchev–Trinajstić information content (AvgIpc) is 3.20. The molecule has 11 nitrogen and oxygen atoms in total. The predicted molar refractivity (Wildman–Crippen MR) is 211 cm³/mol. The molecule has 11 heteroatoms. The van der Waals surface area contributed by atoms with E-state index in [1.807, 2.05) is 121 Å². The van der Waals surface area contributed by atoms with Crippen LogP contribution in [0, 0.1) is 0 Å². The first-order valence-electron chi connectivity index (χ1n) is 19.0. The second-order valence-corrected chi connectivity index (χ2v) is 14.9. The third-order valence-electron chi connectivity index (χ3n) is 9.43. The van der Waals surface area contributed by atoms with Gasteiger partial charge in [0.15, 0.2) is 17.5 Å². The van der Waals surface area contributed by atoms with Gasteiger partial charge in [0.25, 0.3) is 5.91 Å². The first-order valence-corrected chi connectivity index (χ1v) is 19.0. The van der Waals surface area contributed by atoms with Gasteiger partial charge in [0.1, 0.15) is 17.8 Å². The second-order valence-electron chi connectivity index (χ2n) is 14.9. The Hall–Kier alpha value is -4.91. The third-order valence-corrected chi connectivity index (χ3v) is 9.43. The molecule has 1 aliphatic rings. The summed E-state index contributed by atoms with van der Waals surface area (Å²) in [5.74, 6) is -1.07. The molecule has 1 heterocycles. The maximum Gasteiger partial charge on any atom is 0.410 e. The number of carbonyl (C=O) groups excluding carboxylic acids is 3. The van der Waals surface area contributed by atoms with E-state index < -0.39 is 53.9 Å². The molecule has 5 rings (SSSR count). The van der Waals surface area contributed by atoms with Gasteiger partial charge in [0, 0.05) is 26.2 Å². The fourth-order valence-corrected chi connectivity index (χ4v) is 6.33. The van der Waals surface area contributed by atoms with Crippen molar-refractivity contribution < 1.29 is 43.2 Å². The largest absolute Gasteiger partial charge is 0.444 e. The van der Waals surface area contributed by atoms with Crippen LogP contribution in [0.15, 0.2) is 121 Å². The van der Waals surface area contributed by atoms with Crippen molar-refractivity contribution in [2.75, 3.05) is 32.8 Å². The highest BCUT2D eigenvalue weighted by Crippen LogP contribution is 2.29. The zero-order valence-corrected chi connectivity index (χ0v) is 32.8. The molecule has 0 bridgehead atoms. The van der Waals surface area contributed by atoms with Gasteiger partial charge >= 0.3 is 6.09 Å². The molecule has 1 fully saturated rings. The molecular formula is C45H54N2O9. The number of hydrogen-bond acceptors (Lipinski definition) is 9. The lowest BCUT2D eigenvalue weighted by Crippen LogP contribution is -2.64. The van der Waals surface area contributed by atoms with E-state index in [2.05, 4.69) is 0 Å². The second kappa shape index (κ2) is 20.3. The maximum atomic E-state index is 14.9. The molecule has 298 valence electrons. The number of rotatable bonds is 18. The Morgan fingerprint density at radius 1 is 0.607 bits per heavy atom. The highest BCUT2D eigenvalue weighted by molar-refractivity contribution is 5.87. The van der Waals surface area contributed by atoms with Crippen LogP contribution in [0.1, 0.15) is 49.9 Å². The molecule has 1 saturated heterocycles. The van der Waals surface area contributed by atoms with Gasteiger partial charge in [0.05, 0.1) is 33.0 Å². The van der Waals surface area contributed by atoms with Crippen LogP contribution >= 0.6 is 0 Å². The van der Waals surface area contributed by atoms with Crippen LogP contribution in [-0.4, -0.2) is 95.0 Å². The van der Waals surface area contributed by atoms with Gasteiger partial charge in [-0.3, -0.25) is 9.59 Å². The minimum Gasteiger partial charge on any atom is -0.444 e. The normalized spacial score (nSPS) is 16.0. The summed E-state index contributed by atoms with van der Waals surface area (Å²) in [5.41, 5.74) is 0.276. The molecule has 4 aromatic carbocycles. The number of benzene rings is 4. The van der Waals surface area contributed by atoms with Crippen molar-refractivity contribution in [2.24, 2.45) is 0 Å². The Kier molecular flexibility index (Phi) is 15.3. The summed E-state index contributed by atoms with van der Waals surface area (Å²) < 4.78 is 31.4. The lowest BCUT2D eigenvalue weighted by atomic mass is 9.86. The van der Waals surface area contributed by atoms with Gasteiger partial charge in [-0.1, -0.05) is 121 Å². The number of carbonyl (C=O) groups is 3. The van der Waals surface area contributed by atoms with Crippen LogP contribution in [0.3, 0.4) is 0 Å². The third kappa shape index (κ3) is 12.3. The van der Waals surface area contributed by atoms with Gasteiger partial charge in [0.2, 0.25) is 0 Å². The number of ether oxygens (including phenoxy) is 5. The Bertz CT molecular complexity index is 1800. The molecule has 1 aliphatic heterocycles. The number of amides is 2. The quantitative estimate of drug-likeness (QED) is 0.123. The van der Waals surface area contributed by atoms with E-state index in [1.54, 1.807) is 30.6 Å². The van der Waals surface area contributed by atoms with Crippen molar-refractivity contribution in [3.8, 4) is 0 Å². The fourth-order valence-electron chi connectivity index (χ4n) is 6.33. The Morgan fingerprint density at radius 3 is 1.46 bits per heavy atom. The number of Topliss-reactive ketones (excluding diaryl/α,β-unsaturated/α-hetero) is 1. The molecule has 2 amide bonds. The Balaban J connectivity index is 1.53. The van der Waals surface area contributed by atoms with Crippen molar-refractivity contribution in [1.29, 1.82) is 0 Å². The van der Waals surface area contributed by atoms with Crippen molar-refractivity contribution in [3.63, 3.8) is 0 Å². The molecule has 0 unspecified atom stereocenters. The summed E-state index contributed by atoms with van der Waals surface area (Å²) in [6.45, 7) is 7.25. The summed E-state index contributed by atoms with van der Waals surface area (Å²) >= 11 is 0. The molecule has 0 radical (unpaired) electrons. The maximum absolute atomic E-state index is 14.9. The molecule has 4 aromatic rings. The predicted octanol–water partition coefficient (Wildman–Crippen LogP) is 6.36. The van der Waals surface area contributed by atoms with Crippen LogP contribution in [0.4, 0.5) is 4.79 Å². The topological polar surface area (TPSA) is 124 Å². The molecule has 0 saturated carbocycles. The number of hydrogen-bond donors (Lipinski definition) is 1. The number of piperazine rings is 1. The molecule has 0 aliphatic carbocycles. The lowest BCUT2D eigenvalue weighted by Gasteiger charge is -2.43. The van der Waals surface area contributed by atoms with Gasteiger partial charge in [-0.25, -0.2) is 4.79 Å². The number of aliphatic hydroxyl groups is 1. The Labute approximate surface area is 330 Å². The summed E-state index contributed by atoms with van der Waals surface area (Å²) in [4.78, 5) is 44.7. The standard InChI is InChI=1S/C45H54N2O9/c1-34(48)45(51,33-52-29-35-17-9-5-10-18-35)41(55-32-38-23-15-8-16-24-38)39(53-30-36-19-11-6-12-20-36)40(54-31-37-21-13-7-14-22-37)42(49)46-25-27-47(28-26-46)43(50)56-44(2,3)4/h5-24,39-41,51H,25-33H2,1-4H3/t39-,40-,41+,45-/m1/s1. The molecule has 4 atom stereocenters. The van der Waals surface area contributed by atoms with Crippen LogP contribution in [0.2, 0.25) is 0 Å². The van der Waals surface area contributed by atoms with E-state index in [1.165, 1.54) is 6.92 Å². The van der Waals surface area contributed by atoms with Gasteiger partial charge in [-0.2, -0.15) is 0 Å². The van der Waals surface area contributed by atoms with Crippen molar-refractivity contribution in [1.82, 2.24) is 9.80 Å². The summed E-state index contributed by atoms with van der Waals surface area (Å²) in [6.07, 6.45) is -4.60. The highest BCUT2D eigenvalue weighted by atomic mass is 16.6. The number of ketones is 1. The van der Waals surface area contributed by atoms with Crippen LogP contribution in [0.5, 0.6) is 0 Å². The highest BCUT2D eigenvalue weighted by Gasteiger charge is 2.52. The van der Waals surface area contributed by atoms with Crippen LogP contribution < -0.4 is 0 Å². The first kappa shape index (κ1) is 42.2. The molecular weight excluding hydrogens is 713 g/mol. The van der Waals surface area contributed by atoms with Gasteiger partial charge in [-0.15, -0.1) is 0 Å². The average molecular weight is 767 g/mol. The lowest BCUT2D eigenvalue weighted by molar-refractivity contribution is -0.222. The number of nitrogens with zero attached hydrogens (tertiary/aromatic N) is 2. The van der Waals surface area contributed by atoms with Crippen LogP contribution in [0.25, 0.3) is 0 Å². The van der Waals surface area contributed by atoms with Gasteiger partial charge < -0.3 is 38.6 Å². The van der Waals surface area contributed by atoms with Crippen molar-refractivity contribution in [2.45, 2.75) is 83.6 Å². The van der Waals surface area contributed by atoms with E-state index in [0.717, 1.165) is 22.3 Å². The molecule has 1 N–H and O–H groups in total. The summed E-state index contributed by atoms with van der Waals surface area (Å²) in [7, 11) is 0. The summed E-state index contributed by atoms with van der Waals surface area (Å²) in [6, 6.07) is 37.6. The SMILES string of the molecule is CC(=O)[C@](O)(COCc1ccccc1)[C@@H](OCc1ccccc1)[C@H](OCc1ccccc1)[C@@H](OCc1ccccc1)C(=O)N1CCN(C(=O)OC(C)(C)C)CC1. The Morgan fingerprint density at radius 2 is 1.02 bits per heavy atom. The van der Waals surface area contributed by atoms with E-state index in [-0.39, 0.29) is 52.6 Å². The molecule has 0 aromatic heterocycles. The first-order chi connectivity index (χ1) is 26.9. The van der Waals surface area contributed by atoms with E-state index in [0.29, 0.717) is 0 Å². The van der Waals surface area contributed by atoms with Crippen molar-refractivity contribution in [3.05, 3.63) is 144 Å². The fraction of sp³-hybridized carbons (Fsp3) is 0.400. The smallest absolute Gasteiger partial charge is 0.410 e. The van der Waals surface area contributed by atoms with Crippen molar-refractivity contribution >= 4 is 17.8 Å². The molecule has 56 heavy (non-hydrogen) atoms. The minimum atomic E-state index is -2.28. The van der Waals surface area contributed by atoms with E-state index >= 15 is 0 Å². The van der Waals surface area contributed by atoms with E-state index in [9.17, 15) is 19.5 Å². The minimum absolute atomic E-state index is 0.0143. The van der Waals surface area contributed by atoms with Crippen LogP contribution in [-0.2, 0) is 59.7 Å². The molecule has 0 spiro atoms. The zero-order chi connectivity index (χ0) is 40.0. The van der Waals surface area contributed by atoms with E-state index in [4.69, 9.17) is 23.7 Å². The monoisotopic (exact) mass is 766 g/mol.